The van der Waals surface area contributed by atoms with Crippen LogP contribution in [0.25, 0.3) is 10.9 Å². The normalized spacial score (nSPS) is 20.3. The maximum absolute atomic E-state index is 13.0. The van der Waals surface area contributed by atoms with E-state index in [1.807, 2.05) is 39.0 Å². The Balaban J connectivity index is 2.11. The minimum absolute atomic E-state index is 0.230. The summed E-state index contributed by atoms with van der Waals surface area (Å²) in [6.45, 7) is 6.46. The molecule has 0 aliphatic carbocycles. The average Bonchev–Trinajstić information content (AvgIpc) is 2.99. The van der Waals surface area contributed by atoms with Gasteiger partial charge in [0, 0.05) is 17.6 Å². The number of pyridine rings is 1. The molecular formula is C18H21N3O3. The van der Waals surface area contributed by atoms with E-state index in [1.54, 1.807) is 0 Å². The van der Waals surface area contributed by atoms with Gasteiger partial charge in [-0.3, -0.25) is 9.78 Å². The standard InChI is InChI=1S/C18H21N3O3/c1-10-4-5-14-13(8-10)15(11(2)12(3)20-14)16(22)21-18(17(23)24)6-7-19-9-18/h4-5,8,19H,6-7,9H2,1-3H3,(H,21,22)(H,23,24)/t18-/m0/s1. The number of carboxylic acids is 1. The molecule has 1 fully saturated rings. The highest BCUT2D eigenvalue weighted by Gasteiger charge is 2.43. The van der Waals surface area contributed by atoms with Gasteiger partial charge >= 0.3 is 5.97 Å². The van der Waals surface area contributed by atoms with E-state index in [2.05, 4.69) is 15.6 Å². The topological polar surface area (TPSA) is 91.3 Å². The van der Waals surface area contributed by atoms with Crippen molar-refractivity contribution in [2.75, 3.05) is 13.1 Å². The Bertz CT molecular complexity index is 839. The highest BCUT2D eigenvalue weighted by Crippen LogP contribution is 2.25. The van der Waals surface area contributed by atoms with Gasteiger partial charge in [0.15, 0.2) is 5.54 Å². The molecule has 1 saturated heterocycles. The van der Waals surface area contributed by atoms with Crippen molar-refractivity contribution in [3.8, 4) is 0 Å². The Morgan fingerprint density at radius 3 is 2.67 bits per heavy atom. The lowest BCUT2D eigenvalue weighted by atomic mass is 9.95. The zero-order valence-electron chi connectivity index (χ0n) is 14.1. The fraction of sp³-hybridized carbons (Fsp3) is 0.389. The van der Waals surface area contributed by atoms with E-state index in [1.165, 1.54) is 0 Å². The quantitative estimate of drug-likeness (QED) is 0.798. The molecule has 6 nitrogen and oxygen atoms in total. The van der Waals surface area contributed by atoms with Gasteiger partial charge < -0.3 is 15.7 Å². The molecule has 1 amide bonds. The highest BCUT2D eigenvalue weighted by molar-refractivity contribution is 6.09. The lowest BCUT2D eigenvalue weighted by molar-refractivity contribution is -0.143. The third-order valence-electron chi connectivity index (χ3n) is 4.77. The SMILES string of the molecule is Cc1ccc2nc(C)c(C)c(C(=O)N[C@@]3(C(=O)O)CCNC3)c2c1. The number of benzene rings is 1. The largest absolute Gasteiger partial charge is 0.479 e. The predicted molar refractivity (Wildman–Crippen MR) is 91.3 cm³/mol. The van der Waals surface area contributed by atoms with E-state index in [9.17, 15) is 14.7 Å². The van der Waals surface area contributed by atoms with Crippen LogP contribution in [0, 0.1) is 20.8 Å². The molecule has 0 radical (unpaired) electrons. The summed E-state index contributed by atoms with van der Waals surface area (Å²) in [5.41, 5.74) is 2.56. The summed E-state index contributed by atoms with van der Waals surface area (Å²) in [5.74, 6) is -1.37. The number of hydrogen-bond acceptors (Lipinski definition) is 4. The molecule has 1 aromatic heterocycles. The van der Waals surface area contributed by atoms with Gasteiger partial charge in [-0.2, -0.15) is 0 Å². The van der Waals surface area contributed by atoms with Crippen molar-refractivity contribution >= 4 is 22.8 Å². The van der Waals surface area contributed by atoms with Crippen LogP contribution in [0.15, 0.2) is 18.2 Å². The minimum Gasteiger partial charge on any atom is -0.479 e. The van der Waals surface area contributed by atoms with Gasteiger partial charge in [0.05, 0.1) is 11.1 Å². The zero-order chi connectivity index (χ0) is 17.5. The van der Waals surface area contributed by atoms with Gasteiger partial charge in [-0.05, 0) is 51.4 Å². The van der Waals surface area contributed by atoms with Crippen LogP contribution in [-0.4, -0.2) is 40.6 Å². The molecule has 3 rings (SSSR count). The molecule has 126 valence electrons. The predicted octanol–water partition coefficient (Wildman–Crippen LogP) is 1.71. The first-order valence-electron chi connectivity index (χ1n) is 7.98. The summed E-state index contributed by atoms with van der Waals surface area (Å²) < 4.78 is 0. The van der Waals surface area contributed by atoms with Crippen molar-refractivity contribution in [2.24, 2.45) is 0 Å². The number of rotatable bonds is 3. The summed E-state index contributed by atoms with van der Waals surface area (Å²) in [6.07, 6.45) is 0.369. The maximum Gasteiger partial charge on any atom is 0.330 e. The van der Waals surface area contributed by atoms with Gasteiger partial charge in [-0.15, -0.1) is 0 Å². The molecule has 6 heteroatoms. The number of hydrogen-bond donors (Lipinski definition) is 3. The van der Waals surface area contributed by atoms with Crippen molar-refractivity contribution in [1.82, 2.24) is 15.6 Å². The van der Waals surface area contributed by atoms with Crippen LogP contribution in [0.2, 0.25) is 0 Å². The molecule has 0 unspecified atom stereocenters. The van der Waals surface area contributed by atoms with Gasteiger partial charge in [-0.1, -0.05) is 11.6 Å². The van der Waals surface area contributed by atoms with E-state index in [0.29, 0.717) is 18.5 Å². The molecule has 2 aromatic rings. The molecule has 1 aliphatic rings. The van der Waals surface area contributed by atoms with Crippen molar-refractivity contribution < 1.29 is 14.7 Å². The van der Waals surface area contributed by atoms with Crippen LogP contribution in [-0.2, 0) is 4.79 Å². The van der Waals surface area contributed by atoms with Crippen LogP contribution in [0.5, 0.6) is 0 Å². The van der Waals surface area contributed by atoms with E-state index >= 15 is 0 Å². The number of nitrogens with one attached hydrogen (secondary N) is 2. The Labute approximate surface area is 140 Å². The zero-order valence-corrected chi connectivity index (χ0v) is 14.1. The average molecular weight is 327 g/mol. The number of aliphatic carboxylic acids is 1. The van der Waals surface area contributed by atoms with E-state index in [4.69, 9.17) is 0 Å². The molecule has 2 heterocycles. The summed E-state index contributed by atoms with van der Waals surface area (Å²) in [7, 11) is 0. The molecule has 1 aromatic carbocycles. The molecular weight excluding hydrogens is 306 g/mol. The first kappa shape index (κ1) is 16.4. The number of amides is 1. The monoisotopic (exact) mass is 327 g/mol. The van der Waals surface area contributed by atoms with Gasteiger partial charge in [-0.25, -0.2) is 4.79 Å². The first-order chi connectivity index (χ1) is 11.3. The van der Waals surface area contributed by atoms with E-state index in [-0.39, 0.29) is 12.5 Å². The number of fused-ring (bicyclic) bond motifs is 1. The van der Waals surface area contributed by atoms with Crippen LogP contribution in [0.1, 0.15) is 33.6 Å². The Morgan fingerprint density at radius 2 is 2.04 bits per heavy atom. The minimum atomic E-state index is -1.25. The highest BCUT2D eigenvalue weighted by atomic mass is 16.4. The molecule has 1 atom stereocenters. The van der Waals surface area contributed by atoms with Gasteiger partial charge in [0.2, 0.25) is 0 Å². The Kier molecular flexibility index (Phi) is 4.01. The fourth-order valence-electron chi connectivity index (χ4n) is 3.20. The van der Waals surface area contributed by atoms with Crippen LogP contribution < -0.4 is 10.6 Å². The van der Waals surface area contributed by atoms with Gasteiger partial charge in [0.25, 0.3) is 5.91 Å². The Morgan fingerprint density at radius 1 is 1.29 bits per heavy atom. The number of carbonyl (C=O) groups excluding carboxylic acids is 1. The van der Waals surface area contributed by atoms with Crippen molar-refractivity contribution in [2.45, 2.75) is 32.7 Å². The lowest BCUT2D eigenvalue weighted by Crippen LogP contribution is -2.56. The summed E-state index contributed by atoms with van der Waals surface area (Å²) in [4.78, 5) is 29.2. The van der Waals surface area contributed by atoms with E-state index in [0.717, 1.165) is 27.7 Å². The summed E-state index contributed by atoms with van der Waals surface area (Å²) in [5, 5.41) is 16.1. The van der Waals surface area contributed by atoms with Crippen molar-refractivity contribution in [3.05, 3.63) is 40.6 Å². The number of nitrogens with zero attached hydrogens (tertiary/aromatic N) is 1. The fourth-order valence-corrected chi connectivity index (χ4v) is 3.20. The number of carbonyl (C=O) groups is 2. The van der Waals surface area contributed by atoms with Crippen LogP contribution in [0.3, 0.4) is 0 Å². The third kappa shape index (κ3) is 2.63. The summed E-state index contributed by atoms with van der Waals surface area (Å²) in [6, 6.07) is 5.76. The molecule has 24 heavy (non-hydrogen) atoms. The second-order valence-corrected chi connectivity index (χ2v) is 6.49. The Hall–Kier alpha value is -2.47. The van der Waals surface area contributed by atoms with Crippen LogP contribution in [0.4, 0.5) is 0 Å². The molecule has 3 N–H and O–H groups in total. The smallest absolute Gasteiger partial charge is 0.330 e. The maximum atomic E-state index is 13.0. The summed E-state index contributed by atoms with van der Waals surface area (Å²) >= 11 is 0. The third-order valence-corrected chi connectivity index (χ3v) is 4.77. The molecule has 0 saturated carbocycles. The van der Waals surface area contributed by atoms with E-state index < -0.39 is 11.5 Å². The molecule has 0 bridgehead atoms. The molecule has 1 aliphatic heterocycles. The lowest BCUT2D eigenvalue weighted by Gasteiger charge is -2.25. The number of aromatic nitrogens is 1. The number of aryl methyl sites for hydroxylation is 2. The second kappa shape index (κ2) is 5.87. The second-order valence-electron chi connectivity index (χ2n) is 6.49. The van der Waals surface area contributed by atoms with Crippen molar-refractivity contribution in [3.63, 3.8) is 0 Å². The van der Waals surface area contributed by atoms with Crippen LogP contribution >= 0.6 is 0 Å². The number of carboxylic acid groups (broad SMARTS) is 1. The van der Waals surface area contributed by atoms with Crippen molar-refractivity contribution in [1.29, 1.82) is 0 Å². The first-order valence-corrected chi connectivity index (χ1v) is 7.98. The molecule has 0 spiro atoms. The van der Waals surface area contributed by atoms with Gasteiger partial charge in [0.1, 0.15) is 0 Å².